The van der Waals surface area contributed by atoms with Crippen LogP contribution in [0, 0.1) is 0 Å². The Kier molecular flexibility index (Phi) is 5.10. The Labute approximate surface area is 114 Å². The number of nitrogens with zero attached hydrogens (tertiary/aromatic N) is 3. The quantitative estimate of drug-likeness (QED) is 0.775. The number of nitrogens with one attached hydrogen (secondary N) is 1. The van der Waals surface area contributed by atoms with Crippen molar-refractivity contribution in [2.75, 3.05) is 6.54 Å². The Morgan fingerprint density at radius 2 is 2.21 bits per heavy atom. The summed E-state index contributed by atoms with van der Waals surface area (Å²) >= 11 is 0. The van der Waals surface area contributed by atoms with Gasteiger partial charge in [0.25, 0.3) is 0 Å². The van der Waals surface area contributed by atoms with Gasteiger partial charge in [0.05, 0.1) is 24.3 Å². The monoisotopic (exact) mass is 258 g/mol. The third kappa shape index (κ3) is 3.64. The van der Waals surface area contributed by atoms with Crippen LogP contribution in [0.2, 0.25) is 0 Å². The summed E-state index contributed by atoms with van der Waals surface area (Å²) in [5.74, 6) is 0. The van der Waals surface area contributed by atoms with Gasteiger partial charge < -0.3 is 9.88 Å². The van der Waals surface area contributed by atoms with Crippen LogP contribution in [0.25, 0.3) is 0 Å². The largest absolute Gasteiger partial charge is 0.327 e. The van der Waals surface area contributed by atoms with Crippen LogP contribution in [-0.4, -0.2) is 21.1 Å². The molecule has 0 aliphatic rings. The zero-order valence-corrected chi connectivity index (χ0v) is 11.8. The molecule has 19 heavy (non-hydrogen) atoms. The van der Waals surface area contributed by atoms with Gasteiger partial charge in [0.2, 0.25) is 0 Å². The highest BCUT2D eigenvalue weighted by atomic mass is 15.1. The summed E-state index contributed by atoms with van der Waals surface area (Å²) in [7, 11) is 0. The van der Waals surface area contributed by atoms with Crippen molar-refractivity contribution < 1.29 is 0 Å². The maximum Gasteiger partial charge on any atom is 0.0952 e. The van der Waals surface area contributed by atoms with Crippen molar-refractivity contribution in [3.63, 3.8) is 0 Å². The summed E-state index contributed by atoms with van der Waals surface area (Å²) in [6, 6.07) is 4.15. The molecule has 0 atom stereocenters. The average molecular weight is 258 g/mol. The lowest BCUT2D eigenvalue weighted by atomic mass is 10.1. The van der Waals surface area contributed by atoms with Crippen molar-refractivity contribution in [1.82, 2.24) is 19.9 Å². The van der Waals surface area contributed by atoms with Crippen LogP contribution in [0.1, 0.15) is 37.2 Å². The molecule has 0 aromatic carbocycles. The molecule has 0 aliphatic heterocycles. The van der Waals surface area contributed by atoms with Gasteiger partial charge in [0, 0.05) is 18.9 Å². The topological polar surface area (TPSA) is 42.7 Å². The maximum absolute atomic E-state index is 4.49. The van der Waals surface area contributed by atoms with Gasteiger partial charge in [-0.25, -0.2) is 4.98 Å². The number of imidazole rings is 1. The van der Waals surface area contributed by atoms with Crippen molar-refractivity contribution in [3.8, 4) is 0 Å². The molecule has 2 aromatic rings. The van der Waals surface area contributed by atoms with E-state index in [-0.39, 0.29) is 0 Å². The second-order valence-corrected chi connectivity index (χ2v) is 4.65. The van der Waals surface area contributed by atoms with Crippen LogP contribution < -0.4 is 5.32 Å². The maximum atomic E-state index is 4.49. The number of hydrogen-bond donors (Lipinski definition) is 1. The van der Waals surface area contributed by atoms with Gasteiger partial charge in [-0.1, -0.05) is 19.9 Å². The predicted octanol–water partition coefficient (Wildman–Crippen LogP) is 2.39. The van der Waals surface area contributed by atoms with Crippen molar-refractivity contribution in [2.45, 2.75) is 39.8 Å². The highest BCUT2D eigenvalue weighted by Gasteiger charge is 2.06. The molecule has 0 radical (unpaired) electrons. The molecular formula is C15H22N4. The zero-order chi connectivity index (χ0) is 13.5. The molecule has 0 spiro atoms. The molecule has 0 amide bonds. The first kappa shape index (κ1) is 13.7. The van der Waals surface area contributed by atoms with E-state index < -0.39 is 0 Å². The Balaban J connectivity index is 2.08. The van der Waals surface area contributed by atoms with Gasteiger partial charge in [0.15, 0.2) is 0 Å². The minimum atomic E-state index is 0.799. The Hall–Kier alpha value is -1.68. The fraction of sp³-hybridized carbons (Fsp3) is 0.467. The summed E-state index contributed by atoms with van der Waals surface area (Å²) in [6.07, 6.45) is 7.84. The fourth-order valence-corrected chi connectivity index (χ4v) is 2.13. The first-order chi connectivity index (χ1) is 9.35. The van der Waals surface area contributed by atoms with E-state index in [1.54, 1.807) is 0 Å². The Bertz CT molecular complexity index is 504. The SMILES string of the molecule is CCCNCc1cncn1Cc1ncccc1CC. The second kappa shape index (κ2) is 7.04. The van der Waals surface area contributed by atoms with Gasteiger partial charge in [-0.3, -0.25) is 4.98 Å². The normalized spacial score (nSPS) is 10.8. The summed E-state index contributed by atoms with van der Waals surface area (Å²) < 4.78 is 2.17. The molecule has 2 aromatic heterocycles. The third-order valence-electron chi connectivity index (χ3n) is 3.22. The van der Waals surface area contributed by atoms with Crippen LogP contribution in [-0.2, 0) is 19.5 Å². The third-order valence-corrected chi connectivity index (χ3v) is 3.22. The fourth-order valence-electron chi connectivity index (χ4n) is 2.13. The minimum absolute atomic E-state index is 0.799. The minimum Gasteiger partial charge on any atom is -0.327 e. The van der Waals surface area contributed by atoms with Crippen LogP contribution >= 0.6 is 0 Å². The van der Waals surface area contributed by atoms with E-state index in [4.69, 9.17) is 0 Å². The number of pyridine rings is 1. The van der Waals surface area contributed by atoms with Crippen LogP contribution in [0.3, 0.4) is 0 Å². The van der Waals surface area contributed by atoms with Gasteiger partial charge in [-0.2, -0.15) is 0 Å². The zero-order valence-electron chi connectivity index (χ0n) is 11.8. The number of aromatic nitrogens is 3. The van der Waals surface area contributed by atoms with E-state index in [1.165, 1.54) is 11.3 Å². The van der Waals surface area contributed by atoms with E-state index in [9.17, 15) is 0 Å². The highest BCUT2D eigenvalue weighted by molar-refractivity contribution is 5.20. The molecule has 1 N–H and O–H groups in total. The molecular weight excluding hydrogens is 236 g/mol. The second-order valence-electron chi connectivity index (χ2n) is 4.65. The summed E-state index contributed by atoms with van der Waals surface area (Å²) in [4.78, 5) is 8.74. The van der Waals surface area contributed by atoms with E-state index >= 15 is 0 Å². The molecule has 0 unspecified atom stereocenters. The van der Waals surface area contributed by atoms with E-state index in [0.717, 1.165) is 38.2 Å². The van der Waals surface area contributed by atoms with E-state index in [0.29, 0.717) is 0 Å². The first-order valence-electron chi connectivity index (χ1n) is 6.97. The molecule has 0 fully saturated rings. The van der Waals surface area contributed by atoms with E-state index in [2.05, 4.69) is 39.8 Å². The van der Waals surface area contributed by atoms with E-state index in [1.807, 2.05) is 24.8 Å². The van der Waals surface area contributed by atoms with Crippen molar-refractivity contribution in [3.05, 3.63) is 47.8 Å². The van der Waals surface area contributed by atoms with Crippen molar-refractivity contribution in [1.29, 1.82) is 0 Å². The lowest BCUT2D eigenvalue weighted by Gasteiger charge is -2.11. The molecule has 102 valence electrons. The van der Waals surface area contributed by atoms with Gasteiger partial charge in [-0.05, 0) is 31.0 Å². The van der Waals surface area contributed by atoms with Crippen molar-refractivity contribution >= 4 is 0 Å². The summed E-state index contributed by atoms with van der Waals surface area (Å²) in [6.45, 7) is 7.04. The Morgan fingerprint density at radius 3 is 3.00 bits per heavy atom. The first-order valence-corrected chi connectivity index (χ1v) is 6.97. The molecule has 4 nitrogen and oxygen atoms in total. The molecule has 2 heterocycles. The summed E-state index contributed by atoms with van der Waals surface area (Å²) in [5, 5.41) is 3.41. The molecule has 0 aliphatic carbocycles. The molecule has 0 saturated heterocycles. The predicted molar refractivity (Wildman–Crippen MR) is 76.9 cm³/mol. The van der Waals surface area contributed by atoms with Crippen LogP contribution in [0.4, 0.5) is 0 Å². The van der Waals surface area contributed by atoms with Gasteiger partial charge in [0.1, 0.15) is 0 Å². The molecule has 0 saturated carbocycles. The Morgan fingerprint density at radius 1 is 1.32 bits per heavy atom. The van der Waals surface area contributed by atoms with Crippen LogP contribution in [0.5, 0.6) is 0 Å². The van der Waals surface area contributed by atoms with Gasteiger partial charge >= 0.3 is 0 Å². The number of aryl methyl sites for hydroxylation is 1. The smallest absolute Gasteiger partial charge is 0.0952 e. The number of hydrogen-bond acceptors (Lipinski definition) is 3. The standard InChI is InChI=1S/C15H22N4/c1-3-7-16-9-14-10-17-12-19(14)11-15-13(4-2)6-5-8-18-15/h5-6,8,10,12,16H,3-4,7,9,11H2,1-2H3. The summed E-state index contributed by atoms with van der Waals surface area (Å²) in [5.41, 5.74) is 3.66. The highest BCUT2D eigenvalue weighted by Crippen LogP contribution is 2.10. The van der Waals surface area contributed by atoms with Gasteiger partial charge in [-0.15, -0.1) is 0 Å². The average Bonchev–Trinajstić information content (AvgIpc) is 2.87. The lowest BCUT2D eigenvalue weighted by Crippen LogP contribution is -2.17. The number of rotatable bonds is 7. The van der Waals surface area contributed by atoms with Crippen molar-refractivity contribution in [2.24, 2.45) is 0 Å². The molecule has 2 rings (SSSR count). The molecule has 0 bridgehead atoms. The molecule has 4 heteroatoms. The van der Waals surface area contributed by atoms with Crippen LogP contribution in [0.15, 0.2) is 30.9 Å². The lowest BCUT2D eigenvalue weighted by molar-refractivity contribution is 0.625.